The van der Waals surface area contributed by atoms with E-state index in [-0.39, 0.29) is 5.41 Å². The summed E-state index contributed by atoms with van der Waals surface area (Å²) in [4.78, 5) is 0.949. The SMILES string of the molecule is CC1(C)CCC(CN)(C(O)c2cc(Cl)cs2)CC1. The fourth-order valence-corrected chi connectivity index (χ4v) is 3.99. The summed E-state index contributed by atoms with van der Waals surface area (Å²) in [6.45, 7) is 5.13. The number of thiophene rings is 1. The maximum Gasteiger partial charge on any atom is 0.0950 e. The fraction of sp³-hybridized carbons (Fsp3) is 0.714. The Balaban J connectivity index is 2.18. The first-order chi connectivity index (χ1) is 8.38. The number of aliphatic hydroxyl groups excluding tert-OH is 1. The molecule has 102 valence electrons. The van der Waals surface area contributed by atoms with E-state index in [1.807, 2.05) is 11.4 Å². The van der Waals surface area contributed by atoms with Crippen LogP contribution in [0.5, 0.6) is 0 Å². The standard InChI is InChI=1S/C14H22ClNOS/c1-13(2)3-5-14(9-16,6-4-13)12(17)11-7-10(15)8-18-11/h7-8,12,17H,3-6,9,16H2,1-2H3. The molecule has 18 heavy (non-hydrogen) atoms. The summed E-state index contributed by atoms with van der Waals surface area (Å²) < 4.78 is 0. The molecule has 0 aliphatic heterocycles. The molecule has 0 bridgehead atoms. The quantitative estimate of drug-likeness (QED) is 0.883. The van der Waals surface area contributed by atoms with Crippen molar-refractivity contribution in [1.29, 1.82) is 0 Å². The van der Waals surface area contributed by atoms with Crippen LogP contribution in [0.15, 0.2) is 11.4 Å². The minimum Gasteiger partial charge on any atom is -0.387 e. The lowest BCUT2D eigenvalue weighted by Crippen LogP contribution is -2.41. The van der Waals surface area contributed by atoms with Gasteiger partial charge in [-0.05, 0) is 37.2 Å². The lowest BCUT2D eigenvalue weighted by molar-refractivity contribution is -0.0215. The van der Waals surface area contributed by atoms with Gasteiger partial charge in [-0.3, -0.25) is 0 Å². The van der Waals surface area contributed by atoms with E-state index in [0.29, 0.717) is 17.0 Å². The molecule has 0 radical (unpaired) electrons. The zero-order valence-electron chi connectivity index (χ0n) is 11.1. The van der Waals surface area contributed by atoms with Crippen LogP contribution in [0.3, 0.4) is 0 Å². The third-order valence-corrected chi connectivity index (χ3v) is 5.78. The number of aliphatic hydroxyl groups is 1. The van der Waals surface area contributed by atoms with E-state index >= 15 is 0 Å². The topological polar surface area (TPSA) is 46.2 Å². The fourth-order valence-electron chi connectivity index (χ4n) is 2.79. The molecule has 2 nitrogen and oxygen atoms in total. The van der Waals surface area contributed by atoms with Crippen molar-refractivity contribution in [3.8, 4) is 0 Å². The Morgan fingerprint density at radius 2 is 2.00 bits per heavy atom. The molecule has 1 heterocycles. The lowest BCUT2D eigenvalue weighted by Gasteiger charge is -2.45. The van der Waals surface area contributed by atoms with Gasteiger partial charge in [-0.1, -0.05) is 25.4 Å². The Bertz CT molecular complexity index is 406. The van der Waals surface area contributed by atoms with Gasteiger partial charge in [0, 0.05) is 22.2 Å². The summed E-state index contributed by atoms with van der Waals surface area (Å²) in [5, 5.41) is 13.2. The second kappa shape index (κ2) is 5.12. The Kier molecular flexibility index (Phi) is 4.07. The predicted molar refractivity (Wildman–Crippen MR) is 78.0 cm³/mol. The molecule has 1 aromatic heterocycles. The van der Waals surface area contributed by atoms with Crippen LogP contribution in [0, 0.1) is 10.8 Å². The molecule has 0 saturated heterocycles. The molecule has 1 aliphatic carbocycles. The molecule has 1 atom stereocenters. The van der Waals surface area contributed by atoms with Crippen LogP contribution < -0.4 is 5.73 Å². The van der Waals surface area contributed by atoms with Gasteiger partial charge in [0.05, 0.1) is 11.1 Å². The van der Waals surface area contributed by atoms with Crippen LogP contribution >= 0.6 is 22.9 Å². The summed E-state index contributed by atoms with van der Waals surface area (Å²) in [5.41, 5.74) is 6.20. The van der Waals surface area contributed by atoms with E-state index in [2.05, 4.69) is 13.8 Å². The van der Waals surface area contributed by atoms with Gasteiger partial charge in [0.15, 0.2) is 0 Å². The normalized spacial score (nSPS) is 23.8. The van der Waals surface area contributed by atoms with E-state index in [4.69, 9.17) is 17.3 Å². The van der Waals surface area contributed by atoms with Crippen LogP contribution in [0.25, 0.3) is 0 Å². The summed E-state index contributed by atoms with van der Waals surface area (Å²) in [7, 11) is 0. The Morgan fingerprint density at radius 1 is 1.39 bits per heavy atom. The van der Waals surface area contributed by atoms with Crippen LogP contribution in [-0.2, 0) is 0 Å². The molecule has 0 amide bonds. The minimum atomic E-state index is -0.476. The molecule has 1 aromatic rings. The smallest absolute Gasteiger partial charge is 0.0950 e. The number of halogens is 1. The van der Waals surface area contributed by atoms with Gasteiger partial charge in [-0.15, -0.1) is 11.3 Å². The molecule has 1 unspecified atom stereocenters. The van der Waals surface area contributed by atoms with Crippen molar-refractivity contribution in [2.24, 2.45) is 16.6 Å². The number of hydrogen-bond donors (Lipinski definition) is 2. The van der Waals surface area contributed by atoms with E-state index in [0.717, 1.165) is 30.6 Å². The highest BCUT2D eigenvalue weighted by Gasteiger charge is 2.43. The molecule has 3 N–H and O–H groups in total. The van der Waals surface area contributed by atoms with Crippen molar-refractivity contribution in [3.63, 3.8) is 0 Å². The van der Waals surface area contributed by atoms with Crippen molar-refractivity contribution in [3.05, 3.63) is 21.3 Å². The van der Waals surface area contributed by atoms with Gasteiger partial charge in [0.1, 0.15) is 0 Å². The third kappa shape index (κ3) is 2.74. The first-order valence-corrected chi connectivity index (χ1v) is 7.76. The van der Waals surface area contributed by atoms with Crippen LogP contribution in [0.4, 0.5) is 0 Å². The van der Waals surface area contributed by atoms with Crippen LogP contribution in [-0.4, -0.2) is 11.7 Å². The van der Waals surface area contributed by atoms with Gasteiger partial charge in [-0.25, -0.2) is 0 Å². The van der Waals surface area contributed by atoms with Crippen molar-refractivity contribution < 1.29 is 5.11 Å². The highest BCUT2D eigenvalue weighted by Crippen LogP contribution is 2.51. The Hall–Kier alpha value is -0.0900. The van der Waals surface area contributed by atoms with E-state index in [9.17, 15) is 5.11 Å². The average Bonchev–Trinajstić information content (AvgIpc) is 2.76. The Morgan fingerprint density at radius 3 is 2.44 bits per heavy atom. The van der Waals surface area contributed by atoms with Crippen LogP contribution in [0.2, 0.25) is 5.02 Å². The van der Waals surface area contributed by atoms with Crippen molar-refractivity contribution in [2.45, 2.75) is 45.6 Å². The largest absolute Gasteiger partial charge is 0.387 e. The van der Waals surface area contributed by atoms with Crippen molar-refractivity contribution in [1.82, 2.24) is 0 Å². The molecule has 0 spiro atoms. The molecule has 0 aromatic carbocycles. The minimum absolute atomic E-state index is 0.163. The predicted octanol–water partition coefficient (Wildman–Crippen LogP) is 3.98. The number of rotatable bonds is 3. The third-order valence-electron chi connectivity index (χ3n) is 4.44. The summed E-state index contributed by atoms with van der Waals surface area (Å²) >= 11 is 7.47. The molecular weight excluding hydrogens is 266 g/mol. The zero-order chi connectivity index (χ0) is 13.4. The number of nitrogens with two attached hydrogens (primary N) is 1. The monoisotopic (exact) mass is 287 g/mol. The highest BCUT2D eigenvalue weighted by molar-refractivity contribution is 7.10. The van der Waals surface area contributed by atoms with Crippen molar-refractivity contribution in [2.75, 3.05) is 6.54 Å². The van der Waals surface area contributed by atoms with Gasteiger partial charge >= 0.3 is 0 Å². The van der Waals surface area contributed by atoms with Gasteiger partial charge in [0.25, 0.3) is 0 Å². The Labute approximate surface area is 118 Å². The van der Waals surface area contributed by atoms with E-state index < -0.39 is 6.10 Å². The highest BCUT2D eigenvalue weighted by atomic mass is 35.5. The second-order valence-electron chi connectivity index (χ2n) is 6.30. The molecule has 4 heteroatoms. The maximum atomic E-state index is 10.7. The maximum absolute atomic E-state index is 10.7. The molecule has 1 aliphatic rings. The van der Waals surface area contributed by atoms with Gasteiger partial charge in [-0.2, -0.15) is 0 Å². The van der Waals surface area contributed by atoms with Gasteiger partial charge in [0.2, 0.25) is 0 Å². The van der Waals surface area contributed by atoms with Crippen LogP contribution in [0.1, 0.15) is 50.5 Å². The summed E-state index contributed by atoms with van der Waals surface area (Å²) in [5.74, 6) is 0. The number of hydrogen-bond acceptors (Lipinski definition) is 3. The zero-order valence-corrected chi connectivity index (χ0v) is 12.7. The first kappa shape index (κ1) is 14.3. The van der Waals surface area contributed by atoms with Gasteiger partial charge < -0.3 is 10.8 Å². The lowest BCUT2D eigenvalue weighted by atomic mass is 9.62. The van der Waals surface area contributed by atoms with Crippen molar-refractivity contribution >= 4 is 22.9 Å². The average molecular weight is 288 g/mol. The second-order valence-corrected chi connectivity index (χ2v) is 7.68. The molecule has 1 saturated carbocycles. The summed E-state index contributed by atoms with van der Waals surface area (Å²) in [6, 6.07) is 1.87. The van der Waals surface area contributed by atoms with E-state index in [1.54, 1.807) is 0 Å². The molecule has 2 rings (SSSR count). The first-order valence-electron chi connectivity index (χ1n) is 6.51. The molecular formula is C14H22ClNOS. The summed E-state index contributed by atoms with van der Waals surface area (Å²) in [6.07, 6.45) is 3.76. The van der Waals surface area contributed by atoms with E-state index in [1.165, 1.54) is 11.3 Å². The molecule has 1 fully saturated rings.